The molecule has 1 fully saturated rings. The molecule has 0 aromatic heterocycles. The standard InChI is InChI=1S/C10H19NO3S/c1-7(6-15(3)13)11-9(8-4-5-8)10(12)14-2/h7-9,11H,4-6H2,1-3H3. The van der Waals surface area contributed by atoms with Gasteiger partial charge in [0.2, 0.25) is 0 Å². The topological polar surface area (TPSA) is 55.4 Å². The van der Waals surface area contributed by atoms with Crippen LogP contribution in [-0.2, 0) is 20.3 Å². The Morgan fingerprint density at radius 1 is 1.60 bits per heavy atom. The zero-order valence-electron chi connectivity index (χ0n) is 9.49. The molecule has 0 heterocycles. The monoisotopic (exact) mass is 233 g/mol. The molecule has 1 N–H and O–H groups in total. The van der Waals surface area contributed by atoms with Gasteiger partial charge in [-0.15, -0.1) is 0 Å². The molecule has 1 saturated carbocycles. The van der Waals surface area contributed by atoms with Crippen LogP contribution in [0.3, 0.4) is 0 Å². The zero-order chi connectivity index (χ0) is 11.4. The van der Waals surface area contributed by atoms with Gasteiger partial charge in [-0.3, -0.25) is 9.00 Å². The van der Waals surface area contributed by atoms with Crippen LogP contribution in [0.25, 0.3) is 0 Å². The van der Waals surface area contributed by atoms with Crippen molar-refractivity contribution >= 4 is 16.8 Å². The number of rotatable bonds is 6. The summed E-state index contributed by atoms with van der Waals surface area (Å²) in [5, 5.41) is 3.19. The molecule has 1 rings (SSSR count). The van der Waals surface area contributed by atoms with Crippen molar-refractivity contribution in [2.45, 2.75) is 31.8 Å². The predicted octanol–water partition coefficient (Wildman–Crippen LogP) is 0.295. The molecule has 0 amide bonds. The molecular weight excluding hydrogens is 214 g/mol. The minimum Gasteiger partial charge on any atom is -0.468 e. The summed E-state index contributed by atoms with van der Waals surface area (Å²) in [5.74, 6) is 0.775. The molecule has 5 heteroatoms. The van der Waals surface area contributed by atoms with Gasteiger partial charge in [-0.25, -0.2) is 0 Å². The molecule has 0 aliphatic heterocycles. The van der Waals surface area contributed by atoms with Crippen molar-refractivity contribution in [3.8, 4) is 0 Å². The number of carbonyl (C=O) groups excluding carboxylic acids is 1. The van der Waals surface area contributed by atoms with Gasteiger partial charge in [0, 0.05) is 28.9 Å². The van der Waals surface area contributed by atoms with Gasteiger partial charge in [-0.2, -0.15) is 0 Å². The van der Waals surface area contributed by atoms with Crippen LogP contribution in [0.15, 0.2) is 0 Å². The minimum atomic E-state index is -0.835. The first-order valence-electron chi connectivity index (χ1n) is 5.18. The van der Waals surface area contributed by atoms with E-state index in [4.69, 9.17) is 4.74 Å². The van der Waals surface area contributed by atoms with Gasteiger partial charge in [0.1, 0.15) is 6.04 Å². The Labute approximate surface area is 93.2 Å². The van der Waals surface area contributed by atoms with Crippen LogP contribution >= 0.6 is 0 Å². The summed E-state index contributed by atoms with van der Waals surface area (Å²) in [6.07, 6.45) is 3.83. The maximum atomic E-state index is 11.5. The highest BCUT2D eigenvalue weighted by Gasteiger charge is 2.37. The molecule has 0 aromatic carbocycles. The Morgan fingerprint density at radius 3 is 2.60 bits per heavy atom. The molecule has 0 radical (unpaired) electrons. The third-order valence-electron chi connectivity index (χ3n) is 2.50. The summed E-state index contributed by atoms with van der Waals surface area (Å²) < 4.78 is 15.8. The van der Waals surface area contributed by atoms with E-state index in [1.807, 2.05) is 6.92 Å². The lowest BCUT2D eigenvalue weighted by Gasteiger charge is -2.20. The summed E-state index contributed by atoms with van der Waals surface area (Å²) in [6.45, 7) is 1.94. The molecule has 0 saturated heterocycles. The second-order valence-electron chi connectivity index (χ2n) is 4.15. The maximum Gasteiger partial charge on any atom is 0.323 e. The summed E-state index contributed by atoms with van der Waals surface area (Å²) in [4.78, 5) is 11.5. The van der Waals surface area contributed by atoms with Crippen molar-refractivity contribution in [3.63, 3.8) is 0 Å². The van der Waals surface area contributed by atoms with Crippen LogP contribution in [0.5, 0.6) is 0 Å². The lowest BCUT2D eigenvalue weighted by molar-refractivity contribution is -0.143. The first kappa shape index (κ1) is 12.6. The highest BCUT2D eigenvalue weighted by Crippen LogP contribution is 2.33. The Morgan fingerprint density at radius 2 is 2.20 bits per heavy atom. The van der Waals surface area contributed by atoms with E-state index in [0.717, 1.165) is 12.8 Å². The van der Waals surface area contributed by atoms with Crippen LogP contribution in [0.2, 0.25) is 0 Å². The van der Waals surface area contributed by atoms with E-state index in [-0.39, 0.29) is 18.1 Å². The zero-order valence-corrected chi connectivity index (χ0v) is 10.3. The van der Waals surface area contributed by atoms with E-state index in [1.165, 1.54) is 7.11 Å². The van der Waals surface area contributed by atoms with Crippen molar-refractivity contribution in [3.05, 3.63) is 0 Å². The van der Waals surface area contributed by atoms with Gasteiger partial charge in [0.15, 0.2) is 0 Å². The number of hydrogen-bond donors (Lipinski definition) is 1. The van der Waals surface area contributed by atoms with E-state index in [9.17, 15) is 9.00 Å². The van der Waals surface area contributed by atoms with Crippen molar-refractivity contribution in [1.29, 1.82) is 0 Å². The van der Waals surface area contributed by atoms with E-state index in [0.29, 0.717) is 11.7 Å². The fourth-order valence-corrected chi connectivity index (χ4v) is 2.46. The molecular formula is C10H19NO3S. The summed E-state index contributed by atoms with van der Waals surface area (Å²) in [5.41, 5.74) is 0. The second-order valence-corrected chi connectivity index (χ2v) is 5.63. The first-order valence-corrected chi connectivity index (χ1v) is 6.91. The highest BCUT2D eigenvalue weighted by atomic mass is 32.2. The molecule has 15 heavy (non-hydrogen) atoms. The lowest BCUT2D eigenvalue weighted by atomic mass is 10.1. The molecule has 0 aromatic rings. The van der Waals surface area contributed by atoms with Gasteiger partial charge in [-0.05, 0) is 25.7 Å². The average molecular weight is 233 g/mol. The predicted molar refractivity (Wildman–Crippen MR) is 60.1 cm³/mol. The third kappa shape index (κ3) is 4.30. The largest absolute Gasteiger partial charge is 0.468 e. The quantitative estimate of drug-likeness (QED) is 0.670. The van der Waals surface area contributed by atoms with Crippen LogP contribution in [0.4, 0.5) is 0 Å². The fraction of sp³-hybridized carbons (Fsp3) is 0.900. The van der Waals surface area contributed by atoms with Crippen molar-refractivity contribution in [2.24, 2.45) is 5.92 Å². The van der Waals surface area contributed by atoms with Crippen LogP contribution < -0.4 is 5.32 Å². The number of nitrogens with one attached hydrogen (secondary N) is 1. The Hall–Kier alpha value is -0.420. The molecule has 3 atom stereocenters. The Balaban J connectivity index is 2.43. The van der Waals surface area contributed by atoms with Crippen LogP contribution in [0, 0.1) is 5.92 Å². The van der Waals surface area contributed by atoms with Gasteiger partial charge in [0.05, 0.1) is 7.11 Å². The smallest absolute Gasteiger partial charge is 0.323 e. The Kier molecular flexibility index (Phi) is 4.73. The van der Waals surface area contributed by atoms with Crippen molar-refractivity contribution < 1.29 is 13.7 Å². The van der Waals surface area contributed by atoms with Gasteiger partial charge in [0.25, 0.3) is 0 Å². The number of hydrogen-bond acceptors (Lipinski definition) is 4. The number of ether oxygens (including phenoxy) is 1. The fourth-order valence-electron chi connectivity index (χ4n) is 1.66. The van der Waals surface area contributed by atoms with Gasteiger partial charge < -0.3 is 10.1 Å². The SMILES string of the molecule is COC(=O)C(NC(C)CS(C)=O)C1CC1. The summed E-state index contributed by atoms with van der Waals surface area (Å²) in [7, 11) is 0.570. The summed E-state index contributed by atoms with van der Waals surface area (Å²) in [6, 6.07) is -0.130. The first-order chi connectivity index (χ1) is 7.04. The van der Waals surface area contributed by atoms with E-state index in [1.54, 1.807) is 6.26 Å². The number of methoxy groups -OCH3 is 1. The molecule has 0 bridgehead atoms. The Bertz CT molecular complexity index is 253. The van der Waals surface area contributed by atoms with Crippen molar-refractivity contribution in [1.82, 2.24) is 5.32 Å². The summed E-state index contributed by atoms with van der Waals surface area (Å²) >= 11 is 0. The minimum absolute atomic E-state index is 0.0838. The third-order valence-corrected chi connectivity index (χ3v) is 3.47. The molecule has 4 nitrogen and oxygen atoms in total. The molecule has 3 unspecified atom stereocenters. The van der Waals surface area contributed by atoms with Crippen LogP contribution in [-0.4, -0.2) is 41.4 Å². The normalized spacial score (nSPS) is 21.8. The molecule has 0 spiro atoms. The maximum absolute atomic E-state index is 11.5. The van der Waals surface area contributed by atoms with Gasteiger partial charge in [-0.1, -0.05) is 0 Å². The second kappa shape index (κ2) is 5.61. The molecule has 88 valence electrons. The number of carbonyl (C=O) groups is 1. The average Bonchev–Trinajstić information content (AvgIpc) is 2.95. The van der Waals surface area contributed by atoms with E-state index >= 15 is 0 Å². The lowest BCUT2D eigenvalue weighted by Crippen LogP contribution is -2.46. The highest BCUT2D eigenvalue weighted by molar-refractivity contribution is 7.84. The van der Waals surface area contributed by atoms with E-state index in [2.05, 4.69) is 5.32 Å². The number of esters is 1. The molecule has 1 aliphatic rings. The van der Waals surface area contributed by atoms with Crippen molar-refractivity contribution in [2.75, 3.05) is 19.1 Å². The molecule has 1 aliphatic carbocycles. The van der Waals surface area contributed by atoms with Gasteiger partial charge >= 0.3 is 5.97 Å². The van der Waals surface area contributed by atoms with E-state index < -0.39 is 10.8 Å². The van der Waals surface area contributed by atoms with Crippen LogP contribution in [0.1, 0.15) is 19.8 Å².